The molecular weight excluding hydrogens is 458 g/mol. The number of hydrogen-bond donors (Lipinski definition) is 2. The molecule has 1 aromatic carbocycles. The van der Waals surface area contributed by atoms with Gasteiger partial charge in [0.05, 0.1) is 17.9 Å². The molecule has 0 radical (unpaired) electrons. The summed E-state index contributed by atoms with van der Waals surface area (Å²) >= 11 is 0. The molecule has 0 aliphatic carbocycles. The Balaban J connectivity index is 1.73. The standard InChI is InChI=1S/C25H30F2N4O4/c1-14-6-7-20(16-9-17(26)11-18(27)10-16)31(13-14)23(33)22(32)29-19-8-15(2)21(28-12-19)30-24(34)35-25(3,4)5/h8-12,14,20H,6-7,13H2,1-5H3,(H,29,32)(H,28,30,34). The van der Waals surface area contributed by atoms with E-state index in [9.17, 15) is 23.2 Å². The molecule has 2 heterocycles. The van der Waals surface area contributed by atoms with Crippen molar-refractivity contribution in [3.8, 4) is 0 Å². The van der Waals surface area contributed by atoms with Crippen LogP contribution in [-0.4, -0.2) is 39.9 Å². The number of nitrogens with one attached hydrogen (secondary N) is 2. The van der Waals surface area contributed by atoms with Crippen LogP contribution in [-0.2, 0) is 14.3 Å². The quantitative estimate of drug-likeness (QED) is 0.595. The first kappa shape index (κ1) is 26.1. The Morgan fingerprint density at radius 2 is 1.71 bits per heavy atom. The number of hydrogen-bond acceptors (Lipinski definition) is 5. The summed E-state index contributed by atoms with van der Waals surface area (Å²) < 4.78 is 32.8. The van der Waals surface area contributed by atoms with Gasteiger partial charge in [0.15, 0.2) is 0 Å². The number of anilines is 2. The number of aromatic nitrogens is 1. The largest absolute Gasteiger partial charge is 0.444 e. The van der Waals surface area contributed by atoms with E-state index in [0.29, 0.717) is 17.5 Å². The molecular formula is C25H30F2N4O4. The number of halogens is 2. The van der Waals surface area contributed by atoms with E-state index in [4.69, 9.17) is 4.74 Å². The minimum absolute atomic E-state index is 0.128. The molecule has 188 valence electrons. The van der Waals surface area contributed by atoms with Gasteiger partial charge in [-0.05, 0) is 75.8 Å². The van der Waals surface area contributed by atoms with E-state index < -0.39 is 41.2 Å². The number of benzene rings is 1. The molecule has 1 aromatic heterocycles. The van der Waals surface area contributed by atoms with Crippen LogP contribution in [0, 0.1) is 24.5 Å². The van der Waals surface area contributed by atoms with Crippen LogP contribution in [0.1, 0.15) is 57.7 Å². The molecule has 1 aliphatic rings. The number of carbonyl (C=O) groups is 3. The van der Waals surface area contributed by atoms with Crippen LogP contribution in [0.25, 0.3) is 0 Å². The normalized spacial score (nSPS) is 18.1. The number of ether oxygens (including phenoxy) is 1. The SMILES string of the molecule is Cc1cc(NC(=O)C(=O)N2CC(C)CCC2c2cc(F)cc(F)c2)cnc1NC(=O)OC(C)(C)C. The topological polar surface area (TPSA) is 101 Å². The summed E-state index contributed by atoms with van der Waals surface area (Å²) in [4.78, 5) is 43.3. The maximum Gasteiger partial charge on any atom is 0.413 e. The first-order valence-corrected chi connectivity index (χ1v) is 11.4. The Labute approximate surface area is 203 Å². The van der Waals surface area contributed by atoms with Gasteiger partial charge in [0.25, 0.3) is 0 Å². The van der Waals surface area contributed by atoms with Crippen LogP contribution < -0.4 is 10.6 Å². The van der Waals surface area contributed by atoms with Crippen molar-refractivity contribution in [3.05, 3.63) is 53.2 Å². The molecule has 0 bridgehead atoms. The molecule has 1 saturated heterocycles. The van der Waals surface area contributed by atoms with Crippen LogP contribution in [0.15, 0.2) is 30.5 Å². The predicted molar refractivity (Wildman–Crippen MR) is 127 cm³/mol. The summed E-state index contributed by atoms with van der Waals surface area (Å²) in [5.74, 6) is -2.80. The summed E-state index contributed by atoms with van der Waals surface area (Å²) in [6, 6.07) is 4.08. The molecule has 0 saturated carbocycles. The van der Waals surface area contributed by atoms with Gasteiger partial charge in [-0.15, -0.1) is 0 Å². The number of likely N-dealkylation sites (tertiary alicyclic amines) is 1. The fraction of sp³-hybridized carbons (Fsp3) is 0.440. The summed E-state index contributed by atoms with van der Waals surface area (Å²) in [6.07, 6.45) is 1.88. The van der Waals surface area contributed by atoms with Gasteiger partial charge in [0, 0.05) is 12.6 Å². The minimum atomic E-state index is -0.893. The first-order valence-electron chi connectivity index (χ1n) is 11.4. The van der Waals surface area contributed by atoms with Crippen molar-refractivity contribution in [1.82, 2.24) is 9.88 Å². The van der Waals surface area contributed by atoms with Crippen molar-refractivity contribution < 1.29 is 27.9 Å². The molecule has 3 rings (SSSR count). The number of piperidine rings is 1. The second-order valence-electron chi connectivity index (χ2n) is 9.83. The molecule has 2 N–H and O–H groups in total. The Morgan fingerprint density at radius 3 is 2.31 bits per heavy atom. The summed E-state index contributed by atoms with van der Waals surface area (Å²) in [6.45, 7) is 9.12. The van der Waals surface area contributed by atoms with Gasteiger partial charge in [0.2, 0.25) is 0 Å². The molecule has 2 unspecified atom stereocenters. The van der Waals surface area contributed by atoms with Gasteiger partial charge in [-0.3, -0.25) is 14.9 Å². The molecule has 2 aromatic rings. The smallest absolute Gasteiger partial charge is 0.413 e. The number of pyridine rings is 1. The van der Waals surface area contributed by atoms with Crippen molar-refractivity contribution in [3.63, 3.8) is 0 Å². The fourth-order valence-corrected chi connectivity index (χ4v) is 3.98. The number of carbonyl (C=O) groups excluding carboxylic acids is 3. The first-order chi connectivity index (χ1) is 16.3. The lowest BCUT2D eigenvalue weighted by Crippen LogP contribution is -2.46. The van der Waals surface area contributed by atoms with E-state index in [0.717, 1.165) is 12.5 Å². The zero-order valence-electron chi connectivity index (χ0n) is 20.4. The van der Waals surface area contributed by atoms with E-state index >= 15 is 0 Å². The van der Waals surface area contributed by atoms with Crippen LogP contribution in [0.4, 0.5) is 25.1 Å². The van der Waals surface area contributed by atoms with Gasteiger partial charge < -0.3 is 15.0 Å². The van der Waals surface area contributed by atoms with E-state index in [1.54, 1.807) is 33.8 Å². The Hall–Kier alpha value is -3.56. The summed E-state index contributed by atoms with van der Waals surface area (Å²) in [7, 11) is 0. The molecule has 1 fully saturated rings. The van der Waals surface area contributed by atoms with Gasteiger partial charge in [-0.1, -0.05) is 6.92 Å². The zero-order chi connectivity index (χ0) is 25.9. The molecule has 10 heteroatoms. The van der Waals surface area contributed by atoms with Crippen LogP contribution >= 0.6 is 0 Å². The highest BCUT2D eigenvalue weighted by Crippen LogP contribution is 2.34. The van der Waals surface area contributed by atoms with Crippen LogP contribution in [0.2, 0.25) is 0 Å². The second kappa shape index (κ2) is 10.4. The third-order valence-electron chi connectivity index (χ3n) is 5.50. The summed E-state index contributed by atoms with van der Waals surface area (Å²) in [5, 5.41) is 5.06. The number of amides is 3. The zero-order valence-corrected chi connectivity index (χ0v) is 20.4. The van der Waals surface area contributed by atoms with Crippen molar-refractivity contribution in [2.24, 2.45) is 5.92 Å². The minimum Gasteiger partial charge on any atom is -0.444 e. The van der Waals surface area contributed by atoms with E-state index in [1.165, 1.54) is 23.2 Å². The van der Waals surface area contributed by atoms with Crippen molar-refractivity contribution >= 4 is 29.4 Å². The Bertz CT molecular complexity index is 1110. The van der Waals surface area contributed by atoms with Gasteiger partial charge >= 0.3 is 17.9 Å². The fourth-order valence-electron chi connectivity index (χ4n) is 3.98. The number of aryl methyl sites for hydroxylation is 1. The van der Waals surface area contributed by atoms with E-state index in [1.807, 2.05) is 6.92 Å². The number of rotatable bonds is 3. The lowest BCUT2D eigenvalue weighted by molar-refractivity contribution is -0.146. The highest BCUT2D eigenvalue weighted by molar-refractivity contribution is 6.39. The van der Waals surface area contributed by atoms with E-state index in [-0.39, 0.29) is 24.0 Å². The molecule has 0 spiro atoms. The van der Waals surface area contributed by atoms with Crippen molar-refractivity contribution in [2.75, 3.05) is 17.2 Å². The Kier molecular flexibility index (Phi) is 7.72. The average molecular weight is 489 g/mol. The van der Waals surface area contributed by atoms with Gasteiger partial charge in [-0.2, -0.15) is 0 Å². The third kappa shape index (κ3) is 6.97. The molecule has 1 aliphatic heterocycles. The number of nitrogens with zero attached hydrogens (tertiary/aromatic N) is 2. The Morgan fingerprint density at radius 1 is 1.06 bits per heavy atom. The average Bonchev–Trinajstić information content (AvgIpc) is 2.73. The second-order valence-corrected chi connectivity index (χ2v) is 9.83. The molecule has 2 atom stereocenters. The highest BCUT2D eigenvalue weighted by Gasteiger charge is 2.34. The molecule has 3 amide bonds. The van der Waals surface area contributed by atoms with Crippen LogP contribution in [0.5, 0.6) is 0 Å². The predicted octanol–water partition coefficient (Wildman–Crippen LogP) is 4.95. The molecule has 8 nitrogen and oxygen atoms in total. The molecule has 35 heavy (non-hydrogen) atoms. The monoisotopic (exact) mass is 488 g/mol. The maximum atomic E-state index is 13.8. The van der Waals surface area contributed by atoms with Crippen molar-refractivity contribution in [1.29, 1.82) is 0 Å². The van der Waals surface area contributed by atoms with E-state index in [2.05, 4.69) is 15.6 Å². The third-order valence-corrected chi connectivity index (χ3v) is 5.50. The summed E-state index contributed by atoms with van der Waals surface area (Å²) in [5.41, 5.74) is 0.438. The maximum absolute atomic E-state index is 13.8. The van der Waals surface area contributed by atoms with Gasteiger partial charge in [-0.25, -0.2) is 18.6 Å². The lowest BCUT2D eigenvalue weighted by atomic mass is 9.89. The van der Waals surface area contributed by atoms with Gasteiger partial charge in [0.1, 0.15) is 23.1 Å². The van der Waals surface area contributed by atoms with Crippen LogP contribution in [0.3, 0.4) is 0 Å². The lowest BCUT2D eigenvalue weighted by Gasteiger charge is -2.38. The highest BCUT2D eigenvalue weighted by atomic mass is 19.1. The van der Waals surface area contributed by atoms with Crippen molar-refractivity contribution in [2.45, 2.75) is 59.1 Å².